The maximum Gasteiger partial charge on any atom is 0.181 e. The monoisotopic (exact) mass is 296 g/mol. The van der Waals surface area contributed by atoms with E-state index in [1.165, 1.54) is 6.20 Å². The predicted octanol–water partition coefficient (Wildman–Crippen LogP) is 3.63. The third-order valence-corrected chi connectivity index (χ3v) is 2.93. The second-order valence-corrected chi connectivity index (χ2v) is 5.53. The molecule has 2 aromatic heterocycles. The van der Waals surface area contributed by atoms with E-state index in [0.717, 1.165) is 12.1 Å². The zero-order chi connectivity index (χ0) is 14.0. The minimum atomic E-state index is 0.411. The van der Waals surface area contributed by atoms with Gasteiger partial charge in [-0.2, -0.15) is 0 Å². The fraction of sp³-hybridized carbons (Fsp3) is 0.308. The van der Waals surface area contributed by atoms with Gasteiger partial charge in [0.25, 0.3) is 0 Å². The first-order chi connectivity index (χ1) is 8.95. The highest BCUT2D eigenvalue weighted by molar-refractivity contribution is 6.35. The Morgan fingerprint density at radius 3 is 2.58 bits per heavy atom. The van der Waals surface area contributed by atoms with Gasteiger partial charge in [0, 0.05) is 18.0 Å². The summed E-state index contributed by atoms with van der Waals surface area (Å²) in [4.78, 5) is 12.8. The number of pyridine rings is 1. The van der Waals surface area contributed by atoms with Crippen LogP contribution in [-0.4, -0.2) is 15.0 Å². The van der Waals surface area contributed by atoms with Crippen LogP contribution in [0.25, 0.3) is 11.5 Å². The van der Waals surface area contributed by atoms with Crippen molar-refractivity contribution in [3.63, 3.8) is 0 Å². The van der Waals surface area contributed by atoms with E-state index in [4.69, 9.17) is 28.9 Å². The molecule has 0 unspecified atom stereocenters. The van der Waals surface area contributed by atoms with Crippen molar-refractivity contribution in [2.24, 2.45) is 5.92 Å². The Morgan fingerprint density at radius 2 is 1.95 bits per heavy atom. The molecule has 19 heavy (non-hydrogen) atoms. The van der Waals surface area contributed by atoms with Crippen molar-refractivity contribution in [3.8, 4) is 11.5 Å². The van der Waals surface area contributed by atoms with Crippen LogP contribution in [0.4, 0.5) is 5.82 Å². The smallest absolute Gasteiger partial charge is 0.181 e. The van der Waals surface area contributed by atoms with Crippen LogP contribution in [-0.2, 0) is 6.42 Å². The number of halogens is 2. The number of hydrogen-bond acceptors (Lipinski definition) is 4. The summed E-state index contributed by atoms with van der Waals surface area (Å²) in [6.45, 7) is 4.23. The van der Waals surface area contributed by atoms with Crippen LogP contribution >= 0.6 is 23.2 Å². The zero-order valence-corrected chi connectivity index (χ0v) is 12.2. The van der Waals surface area contributed by atoms with Gasteiger partial charge in [0.15, 0.2) is 5.82 Å². The van der Waals surface area contributed by atoms with Gasteiger partial charge in [-0.1, -0.05) is 37.0 Å². The SMILES string of the molecule is CC(C)Cc1cc(N)nc(-c2ncc(Cl)cc2Cl)n1. The Balaban J connectivity index is 2.46. The first-order valence-electron chi connectivity index (χ1n) is 5.90. The molecule has 0 radical (unpaired) electrons. The standard InChI is InChI=1S/C13H14Cl2N4/c1-7(2)3-9-5-11(16)19-13(18-9)12-10(15)4-8(14)6-17-12/h4-7H,3H2,1-2H3,(H2,16,18,19). The third-order valence-electron chi connectivity index (χ3n) is 2.44. The molecule has 6 heteroatoms. The molecule has 4 nitrogen and oxygen atoms in total. The van der Waals surface area contributed by atoms with Gasteiger partial charge in [-0.3, -0.25) is 0 Å². The Bertz CT molecular complexity index is 599. The molecular weight excluding hydrogens is 283 g/mol. The third kappa shape index (κ3) is 3.55. The summed E-state index contributed by atoms with van der Waals surface area (Å²) in [6, 6.07) is 3.38. The van der Waals surface area contributed by atoms with Crippen LogP contribution in [0, 0.1) is 5.92 Å². The number of nitrogen functional groups attached to an aromatic ring is 1. The maximum atomic E-state index is 6.11. The average molecular weight is 297 g/mol. The van der Waals surface area contributed by atoms with Gasteiger partial charge in [0.1, 0.15) is 11.5 Å². The van der Waals surface area contributed by atoms with E-state index in [2.05, 4.69) is 28.8 Å². The lowest BCUT2D eigenvalue weighted by Gasteiger charge is -2.08. The minimum absolute atomic E-state index is 0.411. The topological polar surface area (TPSA) is 64.7 Å². The van der Waals surface area contributed by atoms with Gasteiger partial charge in [-0.05, 0) is 18.4 Å². The van der Waals surface area contributed by atoms with Gasteiger partial charge >= 0.3 is 0 Å². The average Bonchev–Trinajstić information content (AvgIpc) is 2.26. The van der Waals surface area contributed by atoms with Crippen molar-refractivity contribution in [2.75, 3.05) is 5.73 Å². The normalized spacial score (nSPS) is 11.0. The van der Waals surface area contributed by atoms with E-state index in [9.17, 15) is 0 Å². The van der Waals surface area contributed by atoms with E-state index < -0.39 is 0 Å². The molecule has 0 saturated heterocycles. The second-order valence-electron chi connectivity index (χ2n) is 4.69. The molecule has 0 fully saturated rings. The first kappa shape index (κ1) is 14.0. The van der Waals surface area contributed by atoms with Crippen LogP contribution in [0.5, 0.6) is 0 Å². The van der Waals surface area contributed by atoms with Crippen LogP contribution in [0.3, 0.4) is 0 Å². The van der Waals surface area contributed by atoms with Gasteiger partial charge in [-0.25, -0.2) is 15.0 Å². The van der Waals surface area contributed by atoms with Crippen molar-refractivity contribution >= 4 is 29.0 Å². The van der Waals surface area contributed by atoms with E-state index >= 15 is 0 Å². The van der Waals surface area contributed by atoms with Crippen LogP contribution in [0.2, 0.25) is 10.0 Å². The second kappa shape index (κ2) is 5.72. The molecule has 0 aliphatic heterocycles. The Labute approximate surface area is 122 Å². The lowest BCUT2D eigenvalue weighted by atomic mass is 10.1. The van der Waals surface area contributed by atoms with Gasteiger partial charge in [0.2, 0.25) is 0 Å². The highest BCUT2D eigenvalue weighted by atomic mass is 35.5. The largest absolute Gasteiger partial charge is 0.384 e. The Kier molecular flexibility index (Phi) is 4.22. The molecule has 0 aliphatic carbocycles. The van der Waals surface area contributed by atoms with E-state index in [1.807, 2.05) is 0 Å². The Morgan fingerprint density at radius 1 is 1.21 bits per heavy atom. The molecule has 2 heterocycles. The zero-order valence-electron chi connectivity index (χ0n) is 10.7. The summed E-state index contributed by atoms with van der Waals surface area (Å²) < 4.78 is 0. The summed E-state index contributed by atoms with van der Waals surface area (Å²) in [5.41, 5.74) is 7.17. The quantitative estimate of drug-likeness (QED) is 0.939. The predicted molar refractivity (Wildman–Crippen MR) is 78.2 cm³/mol. The molecule has 0 amide bonds. The van der Waals surface area contributed by atoms with Crippen molar-refractivity contribution in [1.82, 2.24) is 15.0 Å². The van der Waals surface area contributed by atoms with Crippen molar-refractivity contribution in [3.05, 3.63) is 34.1 Å². The highest BCUT2D eigenvalue weighted by Crippen LogP contribution is 2.26. The summed E-state index contributed by atoms with van der Waals surface area (Å²) in [7, 11) is 0. The summed E-state index contributed by atoms with van der Waals surface area (Å²) >= 11 is 11.9. The van der Waals surface area contributed by atoms with Crippen molar-refractivity contribution in [1.29, 1.82) is 0 Å². The fourth-order valence-electron chi connectivity index (χ4n) is 1.73. The molecule has 2 rings (SSSR count). The lowest BCUT2D eigenvalue weighted by molar-refractivity contribution is 0.635. The van der Waals surface area contributed by atoms with Crippen molar-refractivity contribution < 1.29 is 0 Å². The lowest BCUT2D eigenvalue weighted by Crippen LogP contribution is -2.04. The molecule has 0 spiro atoms. The van der Waals surface area contributed by atoms with Crippen LogP contribution in [0.1, 0.15) is 19.5 Å². The molecular formula is C13H14Cl2N4. The molecule has 0 saturated carbocycles. The molecule has 0 bridgehead atoms. The first-order valence-corrected chi connectivity index (χ1v) is 6.66. The minimum Gasteiger partial charge on any atom is -0.384 e. The summed E-state index contributed by atoms with van der Waals surface area (Å²) in [5.74, 6) is 1.32. The number of rotatable bonds is 3. The summed E-state index contributed by atoms with van der Waals surface area (Å²) in [5, 5.41) is 0.883. The number of nitrogens with zero attached hydrogens (tertiary/aromatic N) is 3. The highest BCUT2D eigenvalue weighted by Gasteiger charge is 2.12. The molecule has 0 atom stereocenters. The van der Waals surface area contributed by atoms with Crippen LogP contribution < -0.4 is 5.73 Å². The Hall–Kier alpha value is -1.39. The van der Waals surface area contributed by atoms with Gasteiger partial charge in [-0.15, -0.1) is 0 Å². The molecule has 100 valence electrons. The molecule has 2 N–H and O–H groups in total. The van der Waals surface area contributed by atoms with Gasteiger partial charge in [0.05, 0.1) is 10.0 Å². The van der Waals surface area contributed by atoms with E-state index in [-0.39, 0.29) is 0 Å². The molecule has 0 aliphatic rings. The van der Waals surface area contributed by atoms with E-state index in [1.54, 1.807) is 12.1 Å². The van der Waals surface area contributed by atoms with Gasteiger partial charge < -0.3 is 5.73 Å². The number of hydrogen-bond donors (Lipinski definition) is 1. The maximum absolute atomic E-state index is 6.11. The number of aromatic nitrogens is 3. The number of nitrogens with two attached hydrogens (primary N) is 1. The number of anilines is 1. The van der Waals surface area contributed by atoms with E-state index in [0.29, 0.717) is 33.3 Å². The fourth-order valence-corrected chi connectivity index (χ4v) is 2.19. The molecule has 0 aromatic carbocycles. The van der Waals surface area contributed by atoms with Crippen molar-refractivity contribution in [2.45, 2.75) is 20.3 Å². The molecule has 2 aromatic rings. The van der Waals surface area contributed by atoms with Crippen LogP contribution in [0.15, 0.2) is 18.3 Å². The summed E-state index contributed by atoms with van der Waals surface area (Å²) in [6.07, 6.45) is 2.34.